The standard InChI is InChI=1S/C23H23N5O2/c1-27(2)12-11-20(29)26-17-8-6-7-16(13-17)19-14-28(18-9-4-3-5-10-18)22-21(19)23(30)25-15-24-22/h3-10,13-15H,11-12H2,1-2H3,(H,26,29)(H,24,25,30). The molecule has 0 aliphatic rings. The van der Waals surface area contributed by atoms with Gasteiger partial charge in [0, 0.05) is 36.1 Å². The van der Waals surface area contributed by atoms with Gasteiger partial charge in [-0.25, -0.2) is 4.98 Å². The molecule has 1 amide bonds. The molecule has 7 nitrogen and oxygen atoms in total. The van der Waals surface area contributed by atoms with Crippen LogP contribution in [0.25, 0.3) is 27.8 Å². The summed E-state index contributed by atoms with van der Waals surface area (Å²) in [5, 5.41) is 3.45. The maximum Gasteiger partial charge on any atom is 0.260 e. The summed E-state index contributed by atoms with van der Waals surface area (Å²) in [5.74, 6) is -0.0490. The Morgan fingerprint density at radius 3 is 2.70 bits per heavy atom. The molecule has 0 atom stereocenters. The first-order valence-corrected chi connectivity index (χ1v) is 9.72. The summed E-state index contributed by atoms with van der Waals surface area (Å²) in [5.41, 5.74) is 3.58. The SMILES string of the molecule is CN(C)CCC(=O)Nc1cccc(-c2cn(-c3ccccc3)c3nc[nH]c(=O)c23)c1. The molecule has 0 spiro atoms. The zero-order valence-corrected chi connectivity index (χ0v) is 16.9. The average molecular weight is 401 g/mol. The van der Waals surface area contributed by atoms with E-state index in [1.54, 1.807) is 0 Å². The number of aromatic nitrogens is 3. The van der Waals surface area contributed by atoms with E-state index in [0.29, 0.717) is 29.7 Å². The number of benzene rings is 2. The second kappa shape index (κ2) is 8.34. The van der Waals surface area contributed by atoms with Crippen molar-refractivity contribution in [1.29, 1.82) is 0 Å². The highest BCUT2D eigenvalue weighted by Gasteiger charge is 2.16. The number of hydrogen-bond acceptors (Lipinski definition) is 4. The van der Waals surface area contributed by atoms with Gasteiger partial charge >= 0.3 is 0 Å². The molecule has 0 fully saturated rings. The first-order valence-electron chi connectivity index (χ1n) is 9.72. The molecular formula is C23H23N5O2. The Kier molecular flexibility index (Phi) is 5.45. The van der Waals surface area contributed by atoms with Gasteiger partial charge in [-0.05, 0) is 43.9 Å². The number of fused-ring (bicyclic) bond motifs is 1. The van der Waals surface area contributed by atoms with Gasteiger partial charge in [-0.3, -0.25) is 9.59 Å². The predicted molar refractivity (Wildman–Crippen MR) is 119 cm³/mol. The Morgan fingerprint density at radius 1 is 1.13 bits per heavy atom. The molecule has 2 heterocycles. The van der Waals surface area contributed by atoms with Crippen molar-refractivity contribution >= 4 is 22.6 Å². The van der Waals surface area contributed by atoms with Crippen molar-refractivity contribution in [3.63, 3.8) is 0 Å². The third kappa shape index (κ3) is 4.01. The summed E-state index contributed by atoms with van der Waals surface area (Å²) in [6.07, 6.45) is 3.73. The van der Waals surface area contributed by atoms with Crippen molar-refractivity contribution in [3.8, 4) is 16.8 Å². The Bertz CT molecular complexity index is 1240. The van der Waals surface area contributed by atoms with E-state index in [4.69, 9.17) is 0 Å². The Labute approximate surface area is 174 Å². The molecule has 4 aromatic rings. The fourth-order valence-corrected chi connectivity index (χ4v) is 3.39. The molecule has 30 heavy (non-hydrogen) atoms. The number of hydrogen-bond donors (Lipinski definition) is 2. The van der Waals surface area contributed by atoms with Gasteiger partial charge in [-0.1, -0.05) is 30.3 Å². The number of carbonyl (C=O) groups excluding carboxylic acids is 1. The van der Waals surface area contributed by atoms with Gasteiger partial charge < -0.3 is 19.8 Å². The van der Waals surface area contributed by atoms with Crippen LogP contribution in [0, 0.1) is 0 Å². The second-order valence-corrected chi connectivity index (χ2v) is 7.36. The third-order valence-corrected chi connectivity index (χ3v) is 4.87. The van der Waals surface area contributed by atoms with Gasteiger partial charge in [-0.15, -0.1) is 0 Å². The van der Waals surface area contributed by atoms with Crippen LogP contribution in [-0.2, 0) is 4.79 Å². The monoisotopic (exact) mass is 401 g/mol. The van der Waals surface area contributed by atoms with Crippen molar-refractivity contribution in [1.82, 2.24) is 19.4 Å². The van der Waals surface area contributed by atoms with Crippen molar-refractivity contribution in [2.24, 2.45) is 0 Å². The maximum atomic E-state index is 12.6. The topological polar surface area (TPSA) is 83.0 Å². The van der Waals surface area contributed by atoms with Crippen LogP contribution in [0.5, 0.6) is 0 Å². The molecule has 0 bridgehead atoms. The molecule has 2 aromatic heterocycles. The Balaban J connectivity index is 1.75. The van der Waals surface area contributed by atoms with Gasteiger partial charge in [0.1, 0.15) is 0 Å². The van der Waals surface area contributed by atoms with E-state index in [2.05, 4.69) is 15.3 Å². The van der Waals surface area contributed by atoms with E-state index in [1.165, 1.54) is 6.33 Å². The number of rotatable bonds is 6. The van der Waals surface area contributed by atoms with Crippen LogP contribution in [0.2, 0.25) is 0 Å². The van der Waals surface area contributed by atoms with Gasteiger partial charge in [0.05, 0.1) is 11.7 Å². The van der Waals surface area contributed by atoms with E-state index >= 15 is 0 Å². The Hall–Kier alpha value is -3.71. The fourth-order valence-electron chi connectivity index (χ4n) is 3.39. The molecule has 152 valence electrons. The zero-order chi connectivity index (χ0) is 21.1. The van der Waals surface area contributed by atoms with Gasteiger partial charge in [0.2, 0.25) is 5.91 Å². The van der Waals surface area contributed by atoms with E-state index in [9.17, 15) is 9.59 Å². The van der Waals surface area contributed by atoms with Crippen molar-refractivity contribution in [2.45, 2.75) is 6.42 Å². The molecule has 2 N–H and O–H groups in total. The molecular weight excluding hydrogens is 378 g/mol. The molecule has 4 rings (SSSR count). The van der Waals surface area contributed by atoms with Gasteiger partial charge in [0.15, 0.2) is 5.65 Å². The largest absolute Gasteiger partial charge is 0.326 e. The minimum atomic E-state index is -0.204. The lowest BCUT2D eigenvalue weighted by Gasteiger charge is -2.10. The number of aromatic amines is 1. The van der Waals surface area contributed by atoms with Crippen LogP contribution in [0.4, 0.5) is 5.69 Å². The van der Waals surface area contributed by atoms with Gasteiger partial charge in [-0.2, -0.15) is 0 Å². The molecule has 2 aromatic carbocycles. The second-order valence-electron chi connectivity index (χ2n) is 7.36. The number of H-pyrrole nitrogens is 1. The van der Waals surface area contributed by atoms with Crippen LogP contribution >= 0.6 is 0 Å². The highest BCUT2D eigenvalue weighted by Crippen LogP contribution is 2.30. The minimum Gasteiger partial charge on any atom is -0.326 e. The summed E-state index contributed by atoms with van der Waals surface area (Å²) in [7, 11) is 3.87. The number of para-hydroxylation sites is 1. The van der Waals surface area contributed by atoms with Crippen LogP contribution in [0.1, 0.15) is 6.42 Å². The molecule has 0 saturated carbocycles. The maximum absolute atomic E-state index is 12.6. The van der Waals surface area contributed by atoms with E-state index < -0.39 is 0 Å². The Morgan fingerprint density at radius 2 is 1.93 bits per heavy atom. The highest BCUT2D eigenvalue weighted by atomic mass is 16.1. The number of amides is 1. The molecule has 0 unspecified atom stereocenters. The van der Waals surface area contributed by atoms with Crippen molar-refractivity contribution < 1.29 is 4.79 Å². The summed E-state index contributed by atoms with van der Waals surface area (Å²) >= 11 is 0. The molecule has 0 radical (unpaired) electrons. The van der Waals surface area contributed by atoms with Crippen molar-refractivity contribution in [3.05, 3.63) is 77.5 Å². The summed E-state index contributed by atoms with van der Waals surface area (Å²) in [6.45, 7) is 0.678. The highest BCUT2D eigenvalue weighted by molar-refractivity contribution is 5.96. The quantitative estimate of drug-likeness (QED) is 0.519. The molecule has 0 saturated heterocycles. The molecule has 0 aliphatic carbocycles. The number of nitrogens with zero attached hydrogens (tertiary/aromatic N) is 3. The fraction of sp³-hybridized carbons (Fsp3) is 0.174. The van der Waals surface area contributed by atoms with E-state index in [-0.39, 0.29) is 11.5 Å². The van der Waals surface area contributed by atoms with E-state index in [0.717, 1.165) is 16.8 Å². The summed E-state index contributed by atoms with van der Waals surface area (Å²) in [4.78, 5) is 33.9. The van der Waals surface area contributed by atoms with Gasteiger partial charge in [0.25, 0.3) is 5.56 Å². The van der Waals surface area contributed by atoms with Crippen LogP contribution in [0.3, 0.4) is 0 Å². The lowest BCUT2D eigenvalue weighted by atomic mass is 10.1. The minimum absolute atomic E-state index is 0.0490. The van der Waals surface area contributed by atoms with E-state index in [1.807, 2.05) is 84.4 Å². The number of carbonyl (C=O) groups is 1. The summed E-state index contributed by atoms with van der Waals surface area (Å²) < 4.78 is 1.91. The average Bonchev–Trinajstić information content (AvgIpc) is 3.14. The lowest BCUT2D eigenvalue weighted by molar-refractivity contribution is -0.116. The first kappa shape index (κ1) is 19.6. The first-order chi connectivity index (χ1) is 14.5. The van der Waals surface area contributed by atoms with Crippen LogP contribution in [-0.4, -0.2) is 46.0 Å². The predicted octanol–water partition coefficient (Wildman–Crippen LogP) is 3.27. The molecule has 7 heteroatoms. The summed E-state index contributed by atoms with van der Waals surface area (Å²) in [6, 6.07) is 17.3. The number of anilines is 1. The lowest BCUT2D eigenvalue weighted by Crippen LogP contribution is -2.20. The third-order valence-electron chi connectivity index (χ3n) is 4.87. The zero-order valence-electron chi connectivity index (χ0n) is 16.9. The smallest absolute Gasteiger partial charge is 0.260 e. The normalized spacial score (nSPS) is 11.2. The van der Waals surface area contributed by atoms with Crippen LogP contribution in [0.15, 0.2) is 71.9 Å². The molecule has 0 aliphatic heterocycles. The van der Waals surface area contributed by atoms with Crippen molar-refractivity contribution in [2.75, 3.05) is 26.0 Å². The number of nitrogens with one attached hydrogen (secondary N) is 2. The van der Waals surface area contributed by atoms with Crippen LogP contribution < -0.4 is 10.9 Å².